The number of H-pyrrole nitrogens is 1. The lowest BCUT2D eigenvalue weighted by molar-refractivity contribution is 0.102. The number of carbonyl (C=O) groups excluding carboxylic acids is 1. The highest BCUT2D eigenvalue weighted by Crippen LogP contribution is 2.38. The van der Waals surface area contributed by atoms with Gasteiger partial charge in [-0.15, -0.1) is 11.3 Å². The van der Waals surface area contributed by atoms with E-state index in [9.17, 15) is 13.2 Å². The average Bonchev–Trinajstić information content (AvgIpc) is 3.32. The van der Waals surface area contributed by atoms with Crippen LogP contribution in [-0.4, -0.2) is 29.5 Å². The summed E-state index contributed by atoms with van der Waals surface area (Å²) >= 11 is 1.47. The third-order valence-corrected chi connectivity index (χ3v) is 7.57. The molecule has 0 unspecified atom stereocenters. The van der Waals surface area contributed by atoms with Gasteiger partial charge in [0.15, 0.2) is 5.82 Å². The molecular formula is C23H21N5O3S2. The van der Waals surface area contributed by atoms with Crippen molar-refractivity contribution in [3.63, 3.8) is 0 Å². The van der Waals surface area contributed by atoms with Crippen molar-refractivity contribution < 1.29 is 13.2 Å². The van der Waals surface area contributed by atoms with E-state index in [1.165, 1.54) is 23.5 Å². The number of rotatable bonds is 8. The molecule has 10 heteroatoms. The molecule has 1 saturated carbocycles. The van der Waals surface area contributed by atoms with Crippen LogP contribution in [0.1, 0.15) is 39.8 Å². The largest absolute Gasteiger partial charge is 0.322 e. The third kappa shape index (κ3) is 5.03. The minimum absolute atomic E-state index is 0.0399. The second-order valence-corrected chi connectivity index (χ2v) is 10.6. The summed E-state index contributed by atoms with van der Waals surface area (Å²) in [7, 11) is -3.74. The zero-order valence-electron chi connectivity index (χ0n) is 17.5. The van der Waals surface area contributed by atoms with Crippen LogP contribution < -0.4 is 10.0 Å². The number of aromatic nitrogens is 3. The van der Waals surface area contributed by atoms with E-state index in [2.05, 4.69) is 25.2 Å². The predicted molar refractivity (Wildman–Crippen MR) is 127 cm³/mol. The molecule has 3 N–H and O–H groups in total. The number of aromatic amines is 1. The molecule has 5 rings (SSSR count). The molecule has 2 aromatic heterocycles. The molecule has 2 heterocycles. The van der Waals surface area contributed by atoms with Gasteiger partial charge < -0.3 is 5.32 Å². The fourth-order valence-electron chi connectivity index (χ4n) is 3.32. The maximum Gasteiger partial charge on any atom is 0.255 e. The van der Waals surface area contributed by atoms with Crippen LogP contribution in [0.15, 0.2) is 70.9 Å². The summed E-state index contributed by atoms with van der Waals surface area (Å²) in [4.78, 5) is 18.2. The highest BCUT2D eigenvalue weighted by molar-refractivity contribution is 7.89. The first kappa shape index (κ1) is 21.5. The number of benzene rings is 2. The molecule has 0 spiro atoms. The number of hydrogen-bond acceptors (Lipinski definition) is 6. The van der Waals surface area contributed by atoms with E-state index in [-0.39, 0.29) is 17.0 Å². The minimum atomic E-state index is -3.74. The smallest absolute Gasteiger partial charge is 0.255 e. The van der Waals surface area contributed by atoms with Gasteiger partial charge in [0.25, 0.3) is 5.91 Å². The van der Waals surface area contributed by atoms with Gasteiger partial charge in [-0.2, -0.15) is 5.10 Å². The van der Waals surface area contributed by atoms with Crippen molar-refractivity contribution in [1.29, 1.82) is 0 Å². The van der Waals surface area contributed by atoms with Gasteiger partial charge in [0.05, 0.1) is 4.90 Å². The van der Waals surface area contributed by atoms with Crippen LogP contribution in [0.3, 0.4) is 0 Å². The molecular weight excluding hydrogens is 458 g/mol. The number of thiophene rings is 1. The molecule has 4 aromatic rings. The van der Waals surface area contributed by atoms with Gasteiger partial charge in [-0.1, -0.05) is 12.1 Å². The topological polar surface area (TPSA) is 117 Å². The average molecular weight is 480 g/mol. The monoisotopic (exact) mass is 479 g/mol. The summed E-state index contributed by atoms with van der Waals surface area (Å²) in [5.74, 6) is 1.65. The Kier molecular flexibility index (Phi) is 5.79. The van der Waals surface area contributed by atoms with Crippen LogP contribution in [0.25, 0.3) is 11.4 Å². The van der Waals surface area contributed by atoms with E-state index in [0.717, 1.165) is 29.1 Å². The normalized spacial score (nSPS) is 13.7. The Labute approximate surface area is 195 Å². The number of hydrogen-bond donors (Lipinski definition) is 3. The Morgan fingerprint density at radius 1 is 1.09 bits per heavy atom. The molecule has 0 aliphatic heterocycles. The summed E-state index contributed by atoms with van der Waals surface area (Å²) in [5.41, 5.74) is 1.69. The van der Waals surface area contributed by atoms with Gasteiger partial charge in [-0.3, -0.25) is 9.89 Å². The molecule has 0 bridgehead atoms. The molecule has 168 valence electrons. The molecule has 1 fully saturated rings. The van der Waals surface area contributed by atoms with Gasteiger partial charge in [-0.25, -0.2) is 18.1 Å². The Morgan fingerprint density at radius 2 is 1.91 bits per heavy atom. The lowest BCUT2D eigenvalue weighted by atomic mass is 10.1. The van der Waals surface area contributed by atoms with Crippen LogP contribution >= 0.6 is 11.3 Å². The van der Waals surface area contributed by atoms with Crippen molar-refractivity contribution in [2.24, 2.45) is 0 Å². The maximum atomic E-state index is 12.7. The number of sulfonamides is 1. The predicted octanol–water partition coefficient (Wildman–Crippen LogP) is 4.14. The maximum absolute atomic E-state index is 12.7. The van der Waals surface area contributed by atoms with Crippen LogP contribution in [0.2, 0.25) is 0 Å². The van der Waals surface area contributed by atoms with Gasteiger partial charge in [0.2, 0.25) is 10.0 Å². The summed E-state index contributed by atoms with van der Waals surface area (Å²) < 4.78 is 27.8. The zero-order valence-corrected chi connectivity index (χ0v) is 19.1. The number of nitrogens with zero attached hydrogens (tertiary/aromatic N) is 2. The van der Waals surface area contributed by atoms with E-state index in [4.69, 9.17) is 0 Å². The van der Waals surface area contributed by atoms with Crippen molar-refractivity contribution in [1.82, 2.24) is 19.9 Å². The lowest BCUT2D eigenvalue weighted by Gasteiger charge is -2.09. The van der Waals surface area contributed by atoms with E-state index in [0.29, 0.717) is 17.4 Å². The number of carbonyl (C=O) groups is 1. The van der Waals surface area contributed by atoms with E-state index in [1.807, 2.05) is 29.6 Å². The van der Waals surface area contributed by atoms with Gasteiger partial charge in [0.1, 0.15) is 5.82 Å². The number of anilines is 1. The molecule has 0 radical (unpaired) electrons. The highest BCUT2D eigenvalue weighted by atomic mass is 32.2. The van der Waals surface area contributed by atoms with Crippen LogP contribution in [-0.2, 0) is 16.6 Å². The summed E-state index contributed by atoms with van der Waals surface area (Å²) in [6.07, 6.45) is 2.29. The fourth-order valence-corrected chi connectivity index (χ4v) is 5.10. The van der Waals surface area contributed by atoms with Gasteiger partial charge >= 0.3 is 0 Å². The zero-order chi connectivity index (χ0) is 22.8. The summed E-state index contributed by atoms with van der Waals surface area (Å²) in [5, 5.41) is 11.9. The molecule has 1 amide bonds. The highest BCUT2D eigenvalue weighted by Gasteiger charge is 2.27. The minimum Gasteiger partial charge on any atom is -0.322 e. The molecule has 33 heavy (non-hydrogen) atoms. The Morgan fingerprint density at radius 3 is 2.64 bits per heavy atom. The SMILES string of the molecule is O=C(Nc1ccc(-c2n[nH]c(C3CC3)n2)cc1)c1cccc(S(=O)(=O)NCc2cccs2)c1. The van der Waals surface area contributed by atoms with Gasteiger partial charge in [0, 0.05) is 34.2 Å². The van der Waals surface area contributed by atoms with Crippen LogP contribution in [0.5, 0.6) is 0 Å². The summed E-state index contributed by atoms with van der Waals surface area (Å²) in [6, 6.07) is 16.9. The van der Waals surface area contributed by atoms with Crippen LogP contribution in [0.4, 0.5) is 5.69 Å². The Hall–Kier alpha value is -3.34. The first-order valence-electron chi connectivity index (χ1n) is 10.4. The quantitative estimate of drug-likeness (QED) is 0.351. The van der Waals surface area contributed by atoms with E-state index < -0.39 is 15.9 Å². The van der Waals surface area contributed by atoms with Crippen molar-refractivity contribution in [3.8, 4) is 11.4 Å². The van der Waals surface area contributed by atoms with Crippen molar-refractivity contribution >= 4 is 33.0 Å². The fraction of sp³-hybridized carbons (Fsp3) is 0.174. The van der Waals surface area contributed by atoms with Crippen molar-refractivity contribution in [3.05, 3.63) is 82.3 Å². The first-order valence-corrected chi connectivity index (χ1v) is 12.8. The standard InChI is InChI=1S/C23H21N5O3S2/c29-23(17-3-1-5-20(13-17)33(30,31)24-14-19-4-2-12-32-19)25-18-10-8-16(9-11-18)22-26-21(27-28-22)15-6-7-15/h1-5,8-13,15,24H,6-7,14H2,(H,25,29)(H,26,27,28). The molecule has 8 nitrogen and oxygen atoms in total. The molecule has 0 saturated heterocycles. The Bertz CT molecular complexity index is 1380. The van der Waals surface area contributed by atoms with Crippen molar-refractivity contribution in [2.45, 2.75) is 30.2 Å². The second-order valence-electron chi connectivity index (χ2n) is 7.78. The first-order chi connectivity index (χ1) is 16.0. The molecule has 0 atom stereocenters. The van der Waals surface area contributed by atoms with Crippen LogP contribution in [0, 0.1) is 0 Å². The van der Waals surface area contributed by atoms with Crippen molar-refractivity contribution in [2.75, 3.05) is 5.32 Å². The summed E-state index contributed by atoms with van der Waals surface area (Å²) in [6.45, 7) is 0.204. The number of nitrogens with one attached hydrogen (secondary N) is 3. The third-order valence-electron chi connectivity index (χ3n) is 5.29. The molecule has 1 aliphatic carbocycles. The second kappa shape index (κ2) is 8.89. The van der Waals surface area contributed by atoms with Gasteiger partial charge in [-0.05, 0) is 66.8 Å². The van der Waals surface area contributed by atoms with E-state index in [1.54, 1.807) is 24.3 Å². The number of amides is 1. The van der Waals surface area contributed by atoms with E-state index >= 15 is 0 Å². The Balaban J connectivity index is 1.25. The lowest BCUT2D eigenvalue weighted by Crippen LogP contribution is -2.23. The molecule has 1 aliphatic rings. The molecule has 2 aromatic carbocycles.